The molecule has 0 aliphatic rings. The lowest BCUT2D eigenvalue weighted by Gasteiger charge is -2.08. The fourth-order valence-corrected chi connectivity index (χ4v) is 2.65. The molecule has 2 aromatic rings. The van der Waals surface area contributed by atoms with Crippen molar-refractivity contribution in [2.24, 2.45) is 0 Å². The number of aromatic amines is 1. The van der Waals surface area contributed by atoms with Gasteiger partial charge in [0.05, 0.1) is 0 Å². The SMILES string of the molecule is CCc1ccc(C(=O)NNC(=O)c2[nH]c(C)c(C(C)=O)c2C)cc1. The first-order valence-electron chi connectivity index (χ1n) is 7.74. The minimum Gasteiger partial charge on any atom is -0.354 e. The average molecular weight is 327 g/mol. The Morgan fingerprint density at radius 1 is 1.00 bits per heavy atom. The van der Waals surface area contributed by atoms with Crippen LogP contribution >= 0.6 is 0 Å². The summed E-state index contributed by atoms with van der Waals surface area (Å²) in [6.45, 7) is 6.91. The highest BCUT2D eigenvalue weighted by Crippen LogP contribution is 2.18. The summed E-state index contributed by atoms with van der Waals surface area (Å²) in [5.74, 6) is -1.01. The molecule has 0 atom stereocenters. The predicted octanol–water partition coefficient (Wildman–Crippen LogP) is 2.47. The van der Waals surface area contributed by atoms with E-state index in [2.05, 4.69) is 15.8 Å². The van der Waals surface area contributed by atoms with Crippen LogP contribution in [0.15, 0.2) is 24.3 Å². The number of rotatable bonds is 4. The molecule has 0 aliphatic heterocycles. The molecule has 3 N–H and O–H groups in total. The minimum absolute atomic E-state index is 0.111. The zero-order chi connectivity index (χ0) is 17.9. The van der Waals surface area contributed by atoms with E-state index in [9.17, 15) is 14.4 Å². The first kappa shape index (κ1) is 17.5. The first-order valence-corrected chi connectivity index (χ1v) is 7.74. The third-order valence-electron chi connectivity index (χ3n) is 3.93. The highest BCUT2D eigenvalue weighted by Gasteiger charge is 2.20. The molecule has 0 unspecified atom stereocenters. The number of carbonyl (C=O) groups is 3. The molecule has 126 valence electrons. The molecule has 2 rings (SSSR count). The fraction of sp³-hybridized carbons (Fsp3) is 0.278. The molecule has 0 aliphatic carbocycles. The van der Waals surface area contributed by atoms with Gasteiger partial charge in [0.1, 0.15) is 5.69 Å². The van der Waals surface area contributed by atoms with Crippen molar-refractivity contribution in [1.29, 1.82) is 0 Å². The standard InChI is InChI=1S/C18H21N3O3/c1-5-13-6-8-14(9-7-13)17(23)20-21-18(24)16-10(2)15(12(4)22)11(3)19-16/h6-9,19H,5H2,1-4H3,(H,20,23)(H,21,24). The van der Waals surface area contributed by atoms with E-state index >= 15 is 0 Å². The number of H-pyrrole nitrogens is 1. The third kappa shape index (κ3) is 3.53. The van der Waals surface area contributed by atoms with Gasteiger partial charge in [-0.3, -0.25) is 25.2 Å². The Morgan fingerprint density at radius 2 is 1.58 bits per heavy atom. The number of Topliss-reactive ketones (excluding diaryl/α,β-unsaturated/α-hetero) is 1. The van der Waals surface area contributed by atoms with Crippen LogP contribution in [-0.2, 0) is 6.42 Å². The van der Waals surface area contributed by atoms with Crippen LogP contribution < -0.4 is 10.9 Å². The van der Waals surface area contributed by atoms with E-state index in [4.69, 9.17) is 0 Å². The second-order valence-electron chi connectivity index (χ2n) is 5.64. The molecular formula is C18H21N3O3. The predicted molar refractivity (Wildman–Crippen MR) is 91.0 cm³/mol. The van der Waals surface area contributed by atoms with E-state index in [1.54, 1.807) is 26.0 Å². The van der Waals surface area contributed by atoms with Crippen LogP contribution in [0.3, 0.4) is 0 Å². The van der Waals surface area contributed by atoms with Gasteiger partial charge in [0.15, 0.2) is 5.78 Å². The monoisotopic (exact) mass is 327 g/mol. The van der Waals surface area contributed by atoms with Gasteiger partial charge in [-0.1, -0.05) is 19.1 Å². The summed E-state index contributed by atoms with van der Waals surface area (Å²) in [6.07, 6.45) is 0.891. The van der Waals surface area contributed by atoms with E-state index in [1.165, 1.54) is 6.92 Å². The van der Waals surface area contributed by atoms with Gasteiger partial charge in [-0.25, -0.2) is 0 Å². The van der Waals surface area contributed by atoms with Gasteiger partial charge in [-0.05, 0) is 50.5 Å². The van der Waals surface area contributed by atoms with Crippen LogP contribution in [0.25, 0.3) is 0 Å². The van der Waals surface area contributed by atoms with Crippen LogP contribution in [0.1, 0.15) is 61.9 Å². The number of hydrazine groups is 1. The Bertz CT molecular complexity index is 789. The molecule has 6 nitrogen and oxygen atoms in total. The first-order chi connectivity index (χ1) is 11.3. The lowest BCUT2D eigenvalue weighted by molar-refractivity contribution is 0.0844. The number of carbonyl (C=O) groups excluding carboxylic acids is 3. The summed E-state index contributed by atoms with van der Waals surface area (Å²) in [7, 11) is 0. The van der Waals surface area contributed by atoms with E-state index in [1.807, 2.05) is 19.1 Å². The molecule has 24 heavy (non-hydrogen) atoms. The van der Waals surface area contributed by atoms with Crippen LogP contribution in [0, 0.1) is 13.8 Å². The molecule has 0 saturated heterocycles. The van der Waals surface area contributed by atoms with Crippen LogP contribution in [0.5, 0.6) is 0 Å². The number of aromatic nitrogens is 1. The minimum atomic E-state index is -0.498. The molecule has 0 radical (unpaired) electrons. The van der Waals surface area contributed by atoms with Gasteiger partial charge in [0, 0.05) is 16.8 Å². The van der Waals surface area contributed by atoms with Gasteiger partial charge in [-0.15, -0.1) is 0 Å². The second kappa shape index (κ2) is 7.12. The lowest BCUT2D eigenvalue weighted by Crippen LogP contribution is -2.42. The van der Waals surface area contributed by atoms with E-state index < -0.39 is 11.8 Å². The molecule has 1 aromatic carbocycles. The van der Waals surface area contributed by atoms with Crippen molar-refractivity contribution in [1.82, 2.24) is 15.8 Å². The molecule has 0 bridgehead atoms. The maximum Gasteiger partial charge on any atom is 0.286 e. The largest absolute Gasteiger partial charge is 0.354 e. The van der Waals surface area contributed by atoms with E-state index in [0.717, 1.165) is 12.0 Å². The molecule has 0 saturated carbocycles. The Labute approximate surface area is 140 Å². The summed E-state index contributed by atoms with van der Waals surface area (Å²) in [4.78, 5) is 38.8. The number of amides is 2. The summed E-state index contributed by atoms with van der Waals surface area (Å²) in [5, 5.41) is 0. The maximum absolute atomic E-state index is 12.2. The second-order valence-corrected chi connectivity index (χ2v) is 5.64. The zero-order valence-electron chi connectivity index (χ0n) is 14.2. The molecular weight excluding hydrogens is 306 g/mol. The summed E-state index contributed by atoms with van der Waals surface area (Å²) in [5.41, 5.74) is 8.29. The van der Waals surface area contributed by atoms with Crippen molar-refractivity contribution < 1.29 is 14.4 Å². The van der Waals surface area contributed by atoms with Gasteiger partial charge in [-0.2, -0.15) is 0 Å². The van der Waals surface area contributed by atoms with Gasteiger partial charge >= 0.3 is 0 Å². The number of hydrogen-bond acceptors (Lipinski definition) is 3. The number of aryl methyl sites for hydroxylation is 2. The molecule has 0 spiro atoms. The zero-order valence-corrected chi connectivity index (χ0v) is 14.2. The number of nitrogens with one attached hydrogen (secondary N) is 3. The lowest BCUT2D eigenvalue weighted by atomic mass is 10.1. The molecule has 2 amide bonds. The summed E-state index contributed by atoms with van der Waals surface area (Å²) >= 11 is 0. The average Bonchev–Trinajstić information content (AvgIpc) is 2.87. The Balaban J connectivity index is 2.06. The summed E-state index contributed by atoms with van der Waals surface area (Å²) < 4.78 is 0. The summed E-state index contributed by atoms with van der Waals surface area (Å²) in [6, 6.07) is 7.15. The molecule has 0 fully saturated rings. The Hall–Kier alpha value is -2.89. The van der Waals surface area contributed by atoms with Crippen molar-refractivity contribution in [3.8, 4) is 0 Å². The molecule has 1 aromatic heterocycles. The smallest absolute Gasteiger partial charge is 0.286 e. The number of hydrogen-bond donors (Lipinski definition) is 3. The van der Waals surface area contributed by atoms with Gasteiger partial charge in [0.25, 0.3) is 11.8 Å². The van der Waals surface area contributed by atoms with Crippen molar-refractivity contribution in [2.75, 3.05) is 0 Å². The Morgan fingerprint density at radius 3 is 2.08 bits per heavy atom. The van der Waals surface area contributed by atoms with Crippen LogP contribution in [0.2, 0.25) is 0 Å². The Kier molecular flexibility index (Phi) is 5.18. The topological polar surface area (TPSA) is 91.1 Å². The van der Waals surface area contributed by atoms with Crippen molar-refractivity contribution in [3.05, 3.63) is 57.9 Å². The van der Waals surface area contributed by atoms with Crippen molar-refractivity contribution in [3.63, 3.8) is 0 Å². The third-order valence-corrected chi connectivity index (χ3v) is 3.93. The normalized spacial score (nSPS) is 10.3. The van der Waals surface area contributed by atoms with Gasteiger partial charge < -0.3 is 4.98 Å². The number of benzene rings is 1. The van der Waals surface area contributed by atoms with Crippen molar-refractivity contribution in [2.45, 2.75) is 34.1 Å². The molecule has 1 heterocycles. The van der Waals surface area contributed by atoms with Crippen molar-refractivity contribution >= 4 is 17.6 Å². The fourth-order valence-electron chi connectivity index (χ4n) is 2.65. The quantitative estimate of drug-likeness (QED) is 0.595. The number of ketones is 1. The van der Waals surface area contributed by atoms with E-state index in [-0.39, 0.29) is 11.5 Å². The van der Waals surface area contributed by atoms with Gasteiger partial charge in [0.2, 0.25) is 0 Å². The maximum atomic E-state index is 12.2. The van der Waals surface area contributed by atoms with Crippen LogP contribution in [0.4, 0.5) is 0 Å². The highest BCUT2D eigenvalue weighted by atomic mass is 16.2. The molecule has 6 heteroatoms. The van der Waals surface area contributed by atoms with Crippen LogP contribution in [-0.4, -0.2) is 22.6 Å². The van der Waals surface area contributed by atoms with E-state index in [0.29, 0.717) is 22.4 Å². The highest BCUT2D eigenvalue weighted by molar-refractivity contribution is 6.03.